The Labute approximate surface area is 129 Å². The Hall–Kier alpha value is -1.46. The van der Waals surface area contributed by atoms with E-state index in [9.17, 15) is 9.90 Å². The molecule has 5 nitrogen and oxygen atoms in total. The number of aromatic carboxylic acids is 1. The summed E-state index contributed by atoms with van der Waals surface area (Å²) in [5, 5.41) is 9.76. The SMILES string of the molecule is CCCOC1CCCN(c2c(Cl)cc(N)cc2C(=O)O)C1. The van der Waals surface area contributed by atoms with E-state index in [4.69, 9.17) is 22.1 Å². The maximum atomic E-state index is 11.5. The monoisotopic (exact) mass is 312 g/mol. The van der Waals surface area contributed by atoms with Crippen LogP contribution >= 0.6 is 11.6 Å². The fourth-order valence-corrected chi connectivity index (χ4v) is 3.01. The largest absolute Gasteiger partial charge is 0.478 e. The normalized spacial score (nSPS) is 18.8. The number of halogens is 1. The Kier molecular flexibility index (Phi) is 5.31. The molecule has 1 heterocycles. The standard InChI is InChI=1S/C15H21ClN2O3/c1-2-6-21-11-4-3-5-18(9-11)14-12(15(19)20)7-10(17)8-13(14)16/h7-8,11H,2-6,9,17H2,1H3,(H,19,20). The van der Waals surface area contributed by atoms with Crippen molar-refractivity contribution in [3.63, 3.8) is 0 Å². The number of hydrogen-bond donors (Lipinski definition) is 2. The van der Waals surface area contributed by atoms with Gasteiger partial charge in [-0.05, 0) is 31.4 Å². The van der Waals surface area contributed by atoms with Crippen LogP contribution in [0.2, 0.25) is 5.02 Å². The van der Waals surface area contributed by atoms with Crippen LogP contribution in [0.25, 0.3) is 0 Å². The number of nitrogens with two attached hydrogens (primary N) is 1. The third-order valence-corrected chi connectivity index (χ3v) is 3.86. The summed E-state index contributed by atoms with van der Waals surface area (Å²) < 4.78 is 5.79. The van der Waals surface area contributed by atoms with Crippen LogP contribution in [0.15, 0.2) is 12.1 Å². The van der Waals surface area contributed by atoms with Crippen molar-refractivity contribution in [1.82, 2.24) is 0 Å². The van der Waals surface area contributed by atoms with Crippen molar-refractivity contribution in [2.24, 2.45) is 0 Å². The van der Waals surface area contributed by atoms with E-state index in [2.05, 4.69) is 6.92 Å². The topological polar surface area (TPSA) is 75.8 Å². The van der Waals surface area contributed by atoms with Gasteiger partial charge < -0.3 is 20.5 Å². The van der Waals surface area contributed by atoms with E-state index in [-0.39, 0.29) is 11.7 Å². The van der Waals surface area contributed by atoms with Gasteiger partial charge >= 0.3 is 5.97 Å². The smallest absolute Gasteiger partial charge is 0.337 e. The fraction of sp³-hybridized carbons (Fsp3) is 0.533. The van der Waals surface area contributed by atoms with Gasteiger partial charge in [0.2, 0.25) is 0 Å². The summed E-state index contributed by atoms with van der Waals surface area (Å²) in [6.45, 7) is 4.22. The lowest BCUT2D eigenvalue weighted by Crippen LogP contribution is -2.40. The van der Waals surface area contributed by atoms with Crippen LogP contribution in [0.1, 0.15) is 36.5 Å². The first kappa shape index (κ1) is 15.9. The van der Waals surface area contributed by atoms with Gasteiger partial charge in [0.1, 0.15) is 0 Å². The summed E-state index contributed by atoms with van der Waals surface area (Å²) in [4.78, 5) is 13.4. The molecule has 116 valence electrons. The lowest BCUT2D eigenvalue weighted by Gasteiger charge is -2.35. The summed E-state index contributed by atoms with van der Waals surface area (Å²) in [6.07, 6.45) is 3.04. The molecule has 1 aromatic rings. The summed E-state index contributed by atoms with van der Waals surface area (Å²) in [5.41, 5.74) is 6.75. The number of rotatable bonds is 5. The minimum atomic E-state index is -1.02. The third kappa shape index (κ3) is 3.80. The van der Waals surface area contributed by atoms with Crippen molar-refractivity contribution >= 4 is 28.9 Å². The molecule has 0 bridgehead atoms. The van der Waals surface area contributed by atoms with Crippen molar-refractivity contribution in [2.45, 2.75) is 32.3 Å². The van der Waals surface area contributed by atoms with Crippen molar-refractivity contribution < 1.29 is 14.6 Å². The molecule has 1 aliphatic heterocycles. The van der Waals surface area contributed by atoms with Gasteiger partial charge in [-0.3, -0.25) is 0 Å². The Bertz CT molecular complexity index is 522. The molecule has 0 amide bonds. The second-order valence-electron chi connectivity index (χ2n) is 5.29. The number of carboxylic acids is 1. The third-order valence-electron chi connectivity index (χ3n) is 3.57. The Morgan fingerprint density at radius 2 is 2.33 bits per heavy atom. The van der Waals surface area contributed by atoms with Gasteiger partial charge in [-0.25, -0.2) is 4.79 Å². The number of carboxylic acid groups (broad SMARTS) is 1. The maximum absolute atomic E-state index is 11.5. The highest BCUT2D eigenvalue weighted by Gasteiger charge is 2.26. The molecule has 6 heteroatoms. The molecule has 3 N–H and O–H groups in total. The summed E-state index contributed by atoms with van der Waals surface area (Å²) in [5.74, 6) is -1.02. The van der Waals surface area contributed by atoms with E-state index in [1.807, 2.05) is 4.90 Å². The van der Waals surface area contributed by atoms with E-state index in [0.717, 1.165) is 32.4 Å². The summed E-state index contributed by atoms with van der Waals surface area (Å²) in [6, 6.07) is 3.06. The zero-order chi connectivity index (χ0) is 15.4. The number of carbonyl (C=O) groups is 1. The minimum absolute atomic E-state index is 0.119. The molecular formula is C15H21ClN2O3. The molecule has 2 rings (SSSR count). The predicted molar refractivity (Wildman–Crippen MR) is 84.3 cm³/mol. The van der Waals surface area contributed by atoms with E-state index in [1.54, 1.807) is 6.07 Å². The Balaban J connectivity index is 2.26. The number of benzene rings is 1. The average Bonchev–Trinajstić information content (AvgIpc) is 2.44. The van der Waals surface area contributed by atoms with Crippen LogP contribution in [0, 0.1) is 0 Å². The highest BCUT2D eigenvalue weighted by atomic mass is 35.5. The van der Waals surface area contributed by atoms with Gasteiger partial charge in [0.05, 0.1) is 22.4 Å². The number of anilines is 2. The van der Waals surface area contributed by atoms with Gasteiger partial charge in [0.25, 0.3) is 0 Å². The fourth-order valence-electron chi connectivity index (χ4n) is 2.67. The van der Waals surface area contributed by atoms with Crippen LogP contribution in [0.3, 0.4) is 0 Å². The molecule has 0 spiro atoms. The number of nitrogens with zero attached hydrogens (tertiary/aromatic N) is 1. The number of piperidine rings is 1. The van der Waals surface area contributed by atoms with Crippen LogP contribution in [0.4, 0.5) is 11.4 Å². The first-order chi connectivity index (χ1) is 10.0. The van der Waals surface area contributed by atoms with Gasteiger partial charge in [-0.1, -0.05) is 18.5 Å². The van der Waals surface area contributed by atoms with Gasteiger partial charge in [-0.15, -0.1) is 0 Å². The Morgan fingerprint density at radius 3 is 3.00 bits per heavy atom. The van der Waals surface area contributed by atoms with Crippen LogP contribution < -0.4 is 10.6 Å². The number of nitrogen functional groups attached to an aromatic ring is 1. The molecular weight excluding hydrogens is 292 g/mol. The molecule has 1 atom stereocenters. The highest BCUT2D eigenvalue weighted by Crippen LogP contribution is 2.34. The molecule has 1 fully saturated rings. The summed E-state index contributed by atoms with van der Waals surface area (Å²) in [7, 11) is 0. The van der Waals surface area contributed by atoms with Crippen molar-refractivity contribution in [1.29, 1.82) is 0 Å². The lowest BCUT2D eigenvalue weighted by molar-refractivity contribution is 0.0439. The molecule has 1 aromatic carbocycles. The Morgan fingerprint density at radius 1 is 1.57 bits per heavy atom. The van der Waals surface area contributed by atoms with Crippen molar-refractivity contribution in [3.8, 4) is 0 Å². The molecule has 0 radical (unpaired) electrons. The van der Waals surface area contributed by atoms with E-state index < -0.39 is 5.97 Å². The van der Waals surface area contributed by atoms with Crippen LogP contribution in [-0.4, -0.2) is 36.9 Å². The maximum Gasteiger partial charge on any atom is 0.337 e. The first-order valence-corrected chi connectivity index (χ1v) is 7.59. The minimum Gasteiger partial charge on any atom is -0.478 e. The first-order valence-electron chi connectivity index (χ1n) is 7.21. The predicted octanol–water partition coefficient (Wildman–Crippen LogP) is 3.02. The second-order valence-corrected chi connectivity index (χ2v) is 5.69. The van der Waals surface area contributed by atoms with E-state index >= 15 is 0 Å². The van der Waals surface area contributed by atoms with Gasteiger partial charge in [-0.2, -0.15) is 0 Å². The molecule has 0 saturated carbocycles. The van der Waals surface area contributed by atoms with Crippen molar-refractivity contribution in [2.75, 3.05) is 30.3 Å². The molecule has 1 unspecified atom stereocenters. The average molecular weight is 313 g/mol. The number of hydrogen-bond acceptors (Lipinski definition) is 4. The molecule has 21 heavy (non-hydrogen) atoms. The van der Waals surface area contributed by atoms with E-state index in [1.165, 1.54) is 6.07 Å². The lowest BCUT2D eigenvalue weighted by atomic mass is 10.0. The summed E-state index contributed by atoms with van der Waals surface area (Å²) >= 11 is 6.24. The van der Waals surface area contributed by atoms with Crippen LogP contribution in [-0.2, 0) is 4.74 Å². The zero-order valence-electron chi connectivity index (χ0n) is 12.1. The van der Waals surface area contributed by atoms with E-state index in [0.29, 0.717) is 22.9 Å². The molecule has 0 aliphatic carbocycles. The van der Waals surface area contributed by atoms with Crippen molar-refractivity contribution in [3.05, 3.63) is 22.7 Å². The quantitative estimate of drug-likeness (QED) is 0.817. The molecule has 0 aromatic heterocycles. The van der Waals surface area contributed by atoms with Crippen LogP contribution in [0.5, 0.6) is 0 Å². The molecule has 1 saturated heterocycles. The van der Waals surface area contributed by atoms with Gasteiger partial charge in [0, 0.05) is 25.4 Å². The molecule has 1 aliphatic rings. The second kappa shape index (κ2) is 7.00. The zero-order valence-corrected chi connectivity index (χ0v) is 12.9. The number of ether oxygens (including phenoxy) is 1. The highest BCUT2D eigenvalue weighted by molar-refractivity contribution is 6.34. The van der Waals surface area contributed by atoms with Gasteiger partial charge in [0.15, 0.2) is 0 Å².